The minimum atomic E-state index is -0.836. The molecule has 0 aliphatic carbocycles. The lowest BCUT2D eigenvalue weighted by Crippen LogP contribution is -2.04. The normalized spacial score (nSPS) is 12.9. The predicted molar refractivity (Wildman–Crippen MR) is 55.4 cm³/mol. The van der Waals surface area contributed by atoms with Gasteiger partial charge in [-0.3, -0.25) is 0 Å². The van der Waals surface area contributed by atoms with Crippen LogP contribution in [0.25, 0.3) is 0 Å². The van der Waals surface area contributed by atoms with Gasteiger partial charge in [0.2, 0.25) is 0 Å². The van der Waals surface area contributed by atoms with Gasteiger partial charge in [0.15, 0.2) is 0 Å². The van der Waals surface area contributed by atoms with E-state index in [1.54, 1.807) is 12.1 Å². The Bertz CT molecular complexity index is 326. The molecule has 1 unspecified atom stereocenters. The third kappa shape index (κ3) is 2.32. The highest BCUT2D eigenvalue weighted by atomic mass is 79.9. The maximum atomic E-state index is 13.6. The Hall–Kier alpha value is -0.450. The van der Waals surface area contributed by atoms with E-state index in [0.717, 1.165) is 0 Å². The van der Waals surface area contributed by atoms with Crippen molar-refractivity contribution in [3.05, 3.63) is 33.5 Å². The summed E-state index contributed by atoms with van der Waals surface area (Å²) in [5.41, 5.74) is 0.962. The maximum Gasteiger partial charge on any atom is 0.143 e. The maximum absolute atomic E-state index is 13.6. The van der Waals surface area contributed by atoms with Crippen molar-refractivity contribution >= 4 is 15.9 Å². The van der Waals surface area contributed by atoms with Crippen LogP contribution in [0, 0.1) is 5.82 Å². The molecular weight excluding hydrogens is 251 g/mol. The summed E-state index contributed by atoms with van der Waals surface area (Å²) in [6, 6.07) is 3.34. The lowest BCUT2D eigenvalue weighted by molar-refractivity contribution is 0.168. The quantitative estimate of drug-likeness (QED) is 0.908. The van der Waals surface area contributed by atoms with Crippen LogP contribution in [0.5, 0.6) is 0 Å². The molecule has 0 amide bonds. The van der Waals surface area contributed by atoms with Crippen LogP contribution in [-0.2, 0) is 11.3 Å². The average molecular weight is 263 g/mol. The molecule has 0 spiro atoms. The Kier molecular flexibility index (Phi) is 4.04. The van der Waals surface area contributed by atoms with E-state index in [1.807, 2.05) is 0 Å². The number of ether oxygens (including phenoxy) is 1. The summed E-state index contributed by atoms with van der Waals surface area (Å²) in [5, 5.41) is 9.42. The summed E-state index contributed by atoms with van der Waals surface area (Å²) in [4.78, 5) is 0. The van der Waals surface area contributed by atoms with Crippen LogP contribution in [0.1, 0.15) is 24.2 Å². The van der Waals surface area contributed by atoms with E-state index in [2.05, 4.69) is 15.9 Å². The van der Waals surface area contributed by atoms with Gasteiger partial charge in [-0.15, -0.1) is 0 Å². The molecule has 1 rings (SSSR count). The first-order valence-electron chi connectivity index (χ1n) is 4.21. The van der Waals surface area contributed by atoms with Crippen LogP contribution in [0.3, 0.4) is 0 Å². The predicted octanol–water partition coefficient (Wildman–Crippen LogP) is 2.79. The summed E-state index contributed by atoms with van der Waals surface area (Å²) < 4.78 is 18.8. The van der Waals surface area contributed by atoms with Gasteiger partial charge in [0.25, 0.3) is 0 Å². The molecule has 14 heavy (non-hydrogen) atoms. The summed E-state index contributed by atoms with van der Waals surface area (Å²) in [5.74, 6) is -0.422. The molecule has 0 aliphatic heterocycles. The van der Waals surface area contributed by atoms with Crippen LogP contribution >= 0.6 is 15.9 Å². The number of aliphatic hydroxyl groups is 1. The van der Waals surface area contributed by atoms with Crippen molar-refractivity contribution in [1.82, 2.24) is 0 Å². The number of halogens is 2. The standard InChI is InChI=1S/C10H12BrFO2/c1-6(13)9-7(5-14-2)3-4-8(11)10(9)12/h3-4,6,13H,5H2,1-2H3. The van der Waals surface area contributed by atoms with Gasteiger partial charge >= 0.3 is 0 Å². The van der Waals surface area contributed by atoms with Gasteiger partial charge in [-0.05, 0) is 34.5 Å². The van der Waals surface area contributed by atoms with E-state index in [0.29, 0.717) is 22.2 Å². The molecule has 4 heteroatoms. The number of benzene rings is 1. The molecule has 0 heterocycles. The molecule has 1 aromatic carbocycles. The molecule has 1 atom stereocenters. The number of rotatable bonds is 3. The highest BCUT2D eigenvalue weighted by molar-refractivity contribution is 9.10. The fourth-order valence-corrected chi connectivity index (χ4v) is 1.69. The summed E-state index contributed by atoms with van der Waals surface area (Å²) in [6.45, 7) is 1.83. The lowest BCUT2D eigenvalue weighted by Gasteiger charge is -2.13. The number of hydrogen-bond donors (Lipinski definition) is 1. The minimum Gasteiger partial charge on any atom is -0.389 e. The first-order chi connectivity index (χ1) is 6.57. The van der Waals surface area contributed by atoms with Crippen molar-refractivity contribution in [1.29, 1.82) is 0 Å². The first kappa shape index (κ1) is 11.6. The Labute approximate surface area is 90.8 Å². The fraction of sp³-hybridized carbons (Fsp3) is 0.400. The van der Waals surface area contributed by atoms with Crippen molar-refractivity contribution in [2.24, 2.45) is 0 Å². The Morgan fingerprint density at radius 1 is 1.57 bits per heavy atom. The summed E-state index contributed by atoms with van der Waals surface area (Å²) in [7, 11) is 1.53. The average Bonchev–Trinajstić information content (AvgIpc) is 2.11. The van der Waals surface area contributed by atoms with E-state index >= 15 is 0 Å². The third-order valence-corrected chi connectivity index (χ3v) is 2.55. The zero-order valence-electron chi connectivity index (χ0n) is 8.05. The van der Waals surface area contributed by atoms with Gasteiger partial charge in [0.05, 0.1) is 17.2 Å². The number of aliphatic hydroxyl groups excluding tert-OH is 1. The van der Waals surface area contributed by atoms with Gasteiger partial charge in [0, 0.05) is 12.7 Å². The SMILES string of the molecule is COCc1ccc(Br)c(F)c1C(C)O. The molecule has 2 nitrogen and oxygen atoms in total. The van der Waals surface area contributed by atoms with Gasteiger partial charge in [0.1, 0.15) is 5.82 Å². The molecule has 0 aromatic heterocycles. The zero-order chi connectivity index (χ0) is 10.7. The number of methoxy groups -OCH3 is 1. The highest BCUT2D eigenvalue weighted by Gasteiger charge is 2.15. The van der Waals surface area contributed by atoms with Gasteiger partial charge < -0.3 is 9.84 Å². The molecule has 0 fully saturated rings. The molecule has 1 N–H and O–H groups in total. The fourth-order valence-electron chi connectivity index (χ4n) is 1.34. The Morgan fingerprint density at radius 2 is 2.21 bits per heavy atom. The van der Waals surface area contributed by atoms with Crippen LogP contribution in [0.4, 0.5) is 4.39 Å². The lowest BCUT2D eigenvalue weighted by atomic mass is 10.0. The summed E-state index contributed by atoms with van der Waals surface area (Å²) in [6.07, 6.45) is -0.836. The van der Waals surface area contributed by atoms with Crippen molar-refractivity contribution in [3.63, 3.8) is 0 Å². The molecule has 0 saturated heterocycles. The minimum absolute atomic E-state index is 0.293. The number of hydrogen-bond acceptors (Lipinski definition) is 2. The van der Waals surface area contributed by atoms with Gasteiger partial charge in [-0.2, -0.15) is 0 Å². The van der Waals surface area contributed by atoms with Crippen LogP contribution < -0.4 is 0 Å². The molecule has 0 radical (unpaired) electrons. The van der Waals surface area contributed by atoms with Crippen molar-refractivity contribution < 1.29 is 14.2 Å². The molecule has 0 bridgehead atoms. The smallest absolute Gasteiger partial charge is 0.143 e. The van der Waals surface area contributed by atoms with E-state index in [9.17, 15) is 9.50 Å². The summed E-state index contributed by atoms with van der Waals surface area (Å²) >= 11 is 3.07. The van der Waals surface area contributed by atoms with E-state index in [-0.39, 0.29) is 0 Å². The second-order valence-corrected chi connectivity index (χ2v) is 3.90. The Balaban J connectivity index is 3.23. The van der Waals surface area contributed by atoms with Crippen LogP contribution in [-0.4, -0.2) is 12.2 Å². The van der Waals surface area contributed by atoms with E-state index < -0.39 is 11.9 Å². The molecule has 0 aliphatic rings. The zero-order valence-corrected chi connectivity index (χ0v) is 9.64. The molecule has 1 aromatic rings. The van der Waals surface area contributed by atoms with Crippen molar-refractivity contribution in [3.8, 4) is 0 Å². The Morgan fingerprint density at radius 3 is 2.71 bits per heavy atom. The van der Waals surface area contributed by atoms with Gasteiger partial charge in [-0.1, -0.05) is 6.07 Å². The van der Waals surface area contributed by atoms with E-state index in [1.165, 1.54) is 14.0 Å². The van der Waals surface area contributed by atoms with Crippen molar-refractivity contribution in [2.45, 2.75) is 19.6 Å². The van der Waals surface area contributed by atoms with Crippen LogP contribution in [0.2, 0.25) is 0 Å². The molecular formula is C10H12BrFO2. The largest absolute Gasteiger partial charge is 0.389 e. The van der Waals surface area contributed by atoms with Crippen molar-refractivity contribution in [2.75, 3.05) is 7.11 Å². The molecule has 0 saturated carbocycles. The third-order valence-electron chi connectivity index (χ3n) is 1.94. The second kappa shape index (κ2) is 4.87. The second-order valence-electron chi connectivity index (χ2n) is 3.04. The van der Waals surface area contributed by atoms with E-state index in [4.69, 9.17) is 4.74 Å². The topological polar surface area (TPSA) is 29.5 Å². The van der Waals surface area contributed by atoms with Gasteiger partial charge in [-0.25, -0.2) is 4.39 Å². The highest BCUT2D eigenvalue weighted by Crippen LogP contribution is 2.27. The van der Waals surface area contributed by atoms with Crippen LogP contribution in [0.15, 0.2) is 16.6 Å². The molecule has 78 valence electrons. The monoisotopic (exact) mass is 262 g/mol. The first-order valence-corrected chi connectivity index (χ1v) is 5.01.